The maximum Gasteiger partial charge on any atom is 0.124 e. The van der Waals surface area contributed by atoms with Gasteiger partial charge in [0, 0.05) is 31.7 Å². The van der Waals surface area contributed by atoms with E-state index in [0.29, 0.717) is 17.9 Å². The first kappa shape index (κ1) is 13.9. The van der Waals surface area contributed by atoms with Gasteiger partial charge in [-0.1, -0.05) is 0 Å². The minimum absolute atomic E-state index is 0.0120. The van der Waals surface area contributed by atoms with Crippen LogP contribution in [0.5, 0.6) is 5.75 Å². The molecule has 0 heterocycles. The molecule has 4 heteroatoms. The number of methoxy groups -OCH3 is 1. The molecule has 0 fully saturated rings. The number of rotatable bonds is 6. The van der Waals surface area contributed by atoms with Gasteiger partial charge in [0.2, 0.25) is 0 Å². The van der Waals surface area contributed by atoms with E-state index in [2.05, 4.69) is 0 Å². The molecular weight excluding hydrogens is 221 g/mol. The highest BCUT2D eigenvalue weighted by atomic mass is 19.1. The Labute approximate surface area is 102 Å². The Morgan fingerprint density at radius 1 is 1.35 bits per heavy atom. The van der Waals surface area contributed by atoms with E-state index in [0.717, 1.165) is 6.42 Å². The third-order valence-corrected chi connectivity index (χ3v) is 2.52. The summed E-state index contributed by atoms with van der Waals surface area (Å²) in [5.41, 5.74) is 6.48. The van der Waals surface area contributed by atoms with Crippen LogP contribution in [-0.4, -0.2) is 19.8 Å². The molecule has 2 atom stereocenters. The lowest BCUT2D eigenvalue weighted by Gasteiger charge is -2.18. The summed E-state index contributed by atoms with van der Waals surface area (Å²) in [6.45, 7) is 4.39. The topological polar surface area (TPSA) is 44.5 Å². The largest absolute Gasteiger partial charge is 0.490 e. The van der Waals surface area contributed by atoms with Gasteiger partial charge in [0.25, 0.3) is 0 Å². The molecule has 2 N–H and O–H groups in total. The van der Waals surface area contributed by atoms with Crippen LogP contribution in [0.1, 0.15) is 31.9 Å². The monoisotopic (exact) mass is 241 g/mol. The SMILES string of the molecule is COCCC(C)Oc1ccc(F)cc1[C@H](C)N. The van der Waals surface area contributed by atoms with Crippen molar-refractivity contribution in [3.63, 3.8) is 0 Å². The van der Waals surface area contributed by atoms with E-state index in [1.165, 1.54) is 12.1 Å². The summed E-state index contributed by atoms with van der Waals surface area (Å²) in [7, 11) is 1.65. The van der Waals surface area contributed by atoms with Crippen molar-refractivity contribution in [2.75, 3.05) is 13.7 Å². The summed E-state index contributed by atoms with van der Waals surface area (Å²) in [4.78, 5) is 0. The summed E-state index contributed by atoms with van der Waals surface area (Å²) in [5.74, 6) is 0.346. The molecule has 0 radical (unpaired) electrons. The van der Waals surface area contributed by atoms with Crippen LogP contribution in [0.25, 0.3) is 0 Å². The van der Waals surface area contributed by atoms with Gasteiger partial charge in [0.1, 0.15) is 11.6 Å². The molecule has 1 rings (SSSR count). The number of nitrogens with two attached hydrogens (primary N) is 1. The predicted octanol–water partition coefficient (Wildman–Crippen LogP) is 2.65. The molecule has 1 aromatic carbocycles. The van der Waals surface area contributed by atoms with Gasteiger partial charge in [0.15, 0.2) is 0 Å². The molecule has 0 saturated heterocycles. The second kappa shape index (κ2) is 6.57. The summed E-state index contributed by atoms with van der Waals surface area (Å²) < 4.78 is 23.8. The lowest BCUT2D eigenvalue weighted by molar-refractivity contribution is 0.134. The van der Waals surface area contributed by atoms with Crippen LogP contribution in [0.15, 0.2) is 18.2 Å². The first-order chi connectivity index (χ1) is 8.04. The van der Waals surface area contributed by atoms with E-state index >= 15 is 0 Å². The van der Waals surface area contributed by atoms with Crippen LogP contribution in [0.3, 0.4) is 0 Å². The van der Waals surface area contributed by atoms with Crippen molar-refractivity contribution < 1.29 is 13.9 Å². The van der Waals surface area contributed by atoms with Gasteiger partial charge in [-0.25, -0.2) is 4.39 Å². The second-order valence-electron chi connectivity index (χ2n) is 4.18. The van der Waals surface area contributed by atoms with Crippen molar-refractivity contribution >= 4 is 0 Å². The zero-order valence-corrected chi connectivity index (χ0v) is 10.6. The summed E-state index contributed by atoms with van der Waals surface area (Å²) in [6.07, 6.45) is 0.796. The lowest BCUT2D eigenvalue weighted by atomic mass is 10.1. The molecule has 3 nitrogen and oxygen atoms in total. The molecule has 1 unspecified atom stereocenters. The Hall–Kier alpha value is -1.13. The van der Waals surface area contributed by atoms with E-state index in [1.54, 1.807) is 20.1 Å². The summed E-state index contributed by atoms with van der Waals surface area (Å²) >= 11 is 0. The minimum Gasteiger partial charge on any atom is -0.490 e. The highest BCUT2D eigenvalue weighted by Gasteiger charge is 2.12. The molecule has 17 heavy (non-hydrogen) atoms. The van der Waals surface area contributed by atoms with Crippen LogP contribution in [-0.2, 0) is 4.74 Å². The lowest BCUT2D eigenvalue weighted by Crippen LogP contribution is -2.17. The van der Waals surface area contributed by atoms with Gasteiger partial charge in [-0.2, -0.15) is 0 Å². The highest BCUT2D eigenvalue weighted by molar-refractivity contribution is 5.36. The number of ether oxygens (including phenoxy) is 2. The number of halogens is 1. The molecule has 0 bridgehead atoms. The Kier molecular flexibility index (Phi) is 5.38. The molecule has 0 aliphatic carbocycles. The third kappa shape index (κ3) is 4.32. The van der Waals surface area contributed by atoms with Crippen molar-refractivity contribution in [3.05, 3.63) is 29.6 Å². The first-order valence-corrected chi connectivity index (χ1v) is 5.75. The van der Waals surface area contributed by atoms with Gasteiger partial charge in [0.05, 0.1) is 6.10 Å². The molecule has 0 aromatic heterocycles. The normalized spacial score (nSPS) is 14.4. The second-order valence-corrected chi connectivity index (χ2v) is 4.18. The van der Waals surface area contributed by atoms with E-state index in [4.69, 9.17) is 15.2 Å². The maximum absolute atomic E-state index is 13.1. The van der Waals surface area contributed by atoms with E-state index in [9.17, 15) is 4.39 Å². The number of benzene rings is 1. The van der Waals surface area contributed by atoms with Crippen LogP contribution in [0.2, 0.25) is 0 Å². The summed E-state index contributed by atoms with van der Waals surface area (Å²) in [6, 6.07) is 4.17. The van der Waals surface area contributed by atoms with Gasteiger partial charge < -0.3 is 15.2 Å². The third-order valence-electron chi connectivity index (χ3n) is 2.52. The molecule has 0 saturated carbocycles. The van der Waals surface area contributed by atoms with Gasteiger partial charge in [-0.05, 0) is 32.0 Å². The Morgan fingerprint density at radius 3 is 2.65 bits per heavy atom. The van der Waals surface area contributed by atoms with Crippen LogP contribution >= 0.6 is 0 Å². The molecule has 0 spiro atoms. The number of hydrogen-bond acceptors (Lipinski definition) is 3. The average Bonchev–Trinajstić information content (AvgIpc) is 2.28. The Balaban J connectivity index is 2.76. The number of hydrogen-bond donors (Lipinski definition) is 1. The average molecular weight is 241 g/mol. The van der Waals surface area contributed by atoms with Crippen molar-refractivity contribution in [1.82, 2.24) is 0 Å². The van der Waals surface area contributed by atoms with E-state index in [1.807, 2.05) is 6.92 Å². The van der Waals surface area contributed by atoms with Gasteiger partial charge >= 0.3 is 0 Å². The Bertz CT molecular complexity index is 355. The van der Waals surface area contributed by atoms with Crippen LogP contribution in [0, 0.1) is 5.82 Å². The smallest absolute Gasteiger partial charge is 0.124 e. The highest BCUT2D eigenvalue weighted by Crippen LogP contribution is 2.26. The fraction of sp³-hybridized carbons (Fsp3) is 0.538. The van der Waals surface area contributed by atoms with Crippen molar-refractivity contribution in [1.29, 1.82) is 0 Å². The van der Waals surface area contributed by atoms with E-state index in [-0.39, 0.29) is 18.0 Å². The van der Waals surface area contributed by atoms with Crippen molar-refractivity contribution in [2.24, 2.45) is 5.73 Å². The summed E-state index contributed by atoms with van der Waals surface area (Å²) in [5, 5.41) is 0. The van der Waals surface area contributed by atoms with Gasteiger partial charge in [-0.3, -0.25) is 0 Å². The Morgan fingerprint density at radius 2 is 2.06 bits per heavy atom. The quantitative estimate of drug-likeness (QED) is 0.832. The molecule has 0 aliphatic rings. The van der Waals surface area contributed by atoms with Crippen molar-refractivity contribution in [3.8, 4) is 5.75 Å². The van der Waals surface area contributed by atoms with Crippen LogP contribution < -0.4 is 10.5 Å². The molecule has 0 amide bonds. The van der Waals surface area contributed by atoms with Crippen molar-refractivity contribution in [2.45, 2.75) is 32.4 Å². The molecule has 1 aromatic rings. The maximum atomic E-state index is 13.1. The zero-order chi connectivity index (χ0) is 12.8. The molecule has 0 aliphatic heterocycles. The van der Waals surface area contributed by atoms with Crippen LogP contribution in [0.4, 0.5) is 4.39 Å². The first-order valence-electron chi connectivity index (χ1n) is 5.75. The predicted molar refractivity (Wildman–Crippen MR) is 65.6 cm³/mol. The standard InChI is InChI=1S/C13H20FNO2/c1-9(6-7-16-3)17-13-5-4-11(14)8-12(13)10(2)15/h4-5,8-10H,6-7,15H2,1-3H3/t9?,10-/m0/s1. The minimum atomic E-state index is -0.297. The molecular formula is C13H20FNO2. The molecule has 96 valence electrons. The zero-order valence-electron chi connectivity index (χ0n) is 10.6. The fourth-order valence-corrected chi connectivity index (χ4v) is 1.54. The van der Waals surface area contributed by atoms with Gasteiger partial charge in [-0.15, -0.1) is 0 Å². The van der Waals surface area contributed by atoms with E-state index < -0.39 is 0 Å². The fourth-order valence-electron chi connectivity index (χ4n) is 1.54.